The maximum atomic E-state index is 12.8. The average molecular weight is 1100 g/mol. The number of aliphatic hydroxyl groups is 2. The molecule has 18 nitrogen and oxygen atoms in total. The number of aliphatic hydroxyl groups excluding tert-OH is 2. The van der Waals surface area contributed by atoms with E-state index < -0.39 is 23.6 Å². The number of ether oxygens (including phenoxy) is 2. The van der Waals surface area contributed by atoms with Gasteiger partial charge in [0.2, 0.25) is 0 Å². The molecule has 10 rings (SSSR count). The first-order valence-corrected chi connectivity index (χ1v) is 28.1. The normalized spacial score (nSPS) is 18.2. The number of piperazine rings is 2. The SMILES string of the molecule is O=C(CCC1CN(C2=Nc3ccccc3Sc3ccccc32)CCN1CCOCCO)CN1C(=O)C=CC1=O.O=C(CCc1ccc2c(c1)Sc1ccccc1N=C2N1CCN(CCOCCO)CC1)CN1C(=O)C=CC1=O. The molecule has 0 radical (unpaired) electrons. The number of carbonyl (C=O) groups excluding carboxylic acids is 6. The quantitative estimate of drug-likeness (QED) is 0.0903. The molecule has 6 aliphatic heterocycles. The van der Waals surface area contributed by atoms with Crippen molar-refractivity contribution in [2.45, 2.75) is 51.3 Å². The van der Waals surface area contributed by atoms with Crippen LogP contribution in [0.3, 0.4) is 0 Å². The van der Waals surface area contributed by atoms with E-state index in [-0.39, 0.29) is 56.8 Å². The minimum Gasteiger partial charge on any atom is -0.394 e. The zero-order valence-electron chi connectivity index (χ0n) is 43.5. The highest BCUT2D eigenvalue weighted by atomic mass is 32.2. The van der Waals surface area contributed by atoms with Gasteiger partial charge in [-0.15, -0.1) is 0 Å². The fraction of sp³-hybridized carbons (Fsp3) is 0.379. The van der Waals surface area contributed by atoms with Crippen LogP contribution in [0.15, 0.2) is 145 Å². The van der Waals surface area contributed by atoms with E-state index in [0.29, 0.717) is 52.4 Å². The van der Waals surface area contributed by atoms with E-state index in [9.17, 15) is 28.8 Å². The standard InChI is InChI=1S/2C29H32N4O5S/c34-16-18-38-17-15-31-13-14-32(19-21(31)9-10-22(35)20-33-27(36)11-12-28(33)37)29-23-5-1-3-7-25(23)39-26-8-4-2-6-24(26)30-29;34-16-18-38-17-15-31-11-13-32(14-12-31)29-23-8-6-21(5-7-22(35)20-33-27(36)9-10-28(33)37)19-26(23)39-25-4-2-1-3-24(25)30-29/h1-8,11-12,21,34H,9-10,13-20H2;1-4,6,8-10,19,34H,5,7,11-18,20H2. The van der Waals surface area contributed by atoms with Crippen LogP contribution in [0.1, 0.15) is 36.0 Å². The number of aliphatic imine (C=N–C) groups is 2. The summed E-state index contributed by atoms with van der Waals surface area (Å²) in [6.07, 6.45) is 6.41. The van der Waals surface area contributed by atoms with Gasteiger partial charge in [0.1, 0.15) is 11.7 Å². The van der Waals surface area contributed by atoms with Gasteiger partial charge in [0.25, 0.3) is 23.6 Å². The number of benzene rings is 4. The first-order valence-electron chi connectivity index (χ1n) is 26.4. The Bertz CT molecular complexity index is 2960. The molecule has 0 spiro atoms. The molecule has 6 heterocycles. The molecule has 1 atom stereocenters. The molecule has 4 amide bonds. The molecule has 4 aromatic rings. The maximum absolute atomic E-state index is 12.8. The van der Waals surface area contributed by atoms with E-state index in [1.807, 2.05) is 54.6 Å². The number of hydrogen-bond donors (Lipinski definition) is 2. The van der Waals surface area contributed by atoms with Crippen LogP contribution in [-0.4, -0.2) is 204 Å². The number of carbonyl (C=O) groups is 6. The predicted molar refractivity (Wildman–Crippen MR) is 296 cm³/mol. The number of aryl methyl sites for hydroxylation is 1. The number of nitrogens with zero attached hydrogens (tertiary/aromatic N) is 8. The molecule has 408 valence electrons. The van der Waals surface area contributed by atoms with Crippen molar-refractivity contribution in [1.82, 2.24) is 29.4 Å². The van der Waals surface area contributed by atoms with Crippen LogP contribution in [0, 0.1) is 0 Å². The van der Waals surface area contributed by atoms with Gasteiger partial charge in [-0.2, -0.15) is 0 Å². The number of fused-ring (bicyclic) bond motifs is 4. The van der Waals surface area contributed by atoms with Gasteiger partial charge in [0.15, 0.2) is 11.6 Å². The van der Waals surface area contributed by atoms with E-state index in [2.05, 4.69) is 56.0 Å². The second kappa shape index (κ2) is 27.3. The molecule has 2 N–H and O–H groups in total. The van der Waals surface area contributed by atoms with E-state index in [1.54, 1.807) is 23.5 Å². The molecule has 20 heteroatoms. The van der Waals surface area contributed by atoms with Gasteiger partial charge in [-0.25, -0.2) is 9.98 Å². The number of para-hydroxylation sites is 2. The van der Waals surface area contributed by atoms with Gasteiger partial charge in [0.05, 0.1) is 64.1 Å². The Hall–Kier alpha value is -6.62. The van der Waals surface area contributed by atoms with Gasteiger partial charge >= 0.3 is 0 Å². The number of imide groups is 2. The van der Waals surface area contributed by atoms with Crippen LogP contribution >= 0.6 is 23.5 Å². The van der Waals surface area contributed by atoms with Gasteiger partial charge in [-0.05, 0) is 60.9 Å². The van der Waals surface area contributed by atoms with Gasteiger partial charge in [-0.1, -0.05) is 72.1 Å². The van der Waals surface area contributed by atoms with Gasteiger partial charge in [-0.3, -0.25) is 48.4 Å². The topological polar surface area (TPSA) is 206 Å². The molecule has 2 saturated heterocycles. The number of rotatable bonds is 20. The molecule has 0 aliphatic carbocycles. The Morgan fingerprint density at radius 2 is 1.06 bits per heavy atom. The average Bonchev–Trinajstić information content (AvgIpc) is 3.85. The molecular weight excluding hydrogens is 1030 g/mol. The fourth-order valence-electron chi connectivity index (χ4n) is 9.91. The molecule has 0 aromatic heterocycles. The summed E-state index contributed by atoms with van der Waals surface area (Å²) >= 11 is 3.40. The zero-order valence-corrected chi connectivity index (χ0v) is 45.1. The molecule has 1 unspecified atom stereocenters. The highest BCUT2D eigenvalue weighted by Gasteiger charge is 2.33. The summed E-state index contributed by atoms with van der Waals surface area (Å²) in [5.74, 6) is -0.153. The highest BCUT2D eigenvalue weighted by Crippen LogP contribution is 2.42. The smallest absolute Gasteiger partial charge is 0.254 e. The molecular formula is C58H64N8O10S2. The van der Waals surface area contributed by atoms with Crippen molar-refractivity contribution in [3.05, 3.63) is 132 Å². The van der Waals surface area contributed by atoms with Crippen LogP contribution in [0.5, 0.6) is 0 Å². The van der Waals surface area contributed by atoms with Crippen molar-refractivity contribution in [3.63, 3.8) is 0 Å². The second-order valence-corrected chi connectivity index (χ2v) is 21.4. The molecule has 2 fully saturated rings. The Balaban J connectivity index is 0.000000190. The van der Waals surface area contributed by atoms with E-state index >= 15 is 0 Å². The zero-order chi connectivity index (χ0) is 54.4. The lowest BCUT2D eigenvalue weighted by Crippen LogP contribution is -2.55. The largest absolute Gasteiger partial charge is 0.394 e. The van der Waals surface area contributed by atoms with Gasteiger partial charge in [0, 0.05) is 133 Å². The summed E-state index contributed by atoms with van der Waals surface area (Å²) in [4.78, 5) is 98.6. The van der Waals surface area contributed by atoms with Crippen molar-refractivity contribution in [1.29, 1.82) is 0 Å². The van der Waals surface area contributed by atoms with Crippen LogP contribution in [-0.2, 0) is 44.7 Å². The Kier molecular flexibility index (Phi) is 19.6. The molecule has 0 bridgehead atoms. The van der Waals surface area contributed by atoms with Crippen LogP contribution < -0.4 is 0 Å². The number of ketones is 2. The Morgan fingerprint density at radius 1 is 0.551 bits per heavy atom. The van der Waals surface area contributed by atoms with Gasteiger partial charge < -0.3 is 29.5 Å². The molecule has 4 aromatic carbocycles. The third-order valence-electron chi connectivity index (χ3n) is 14.1. The van der Waals surface area contributed by atoms with Crippen LogP contribution in [0.25, 0.3) is 0 Å². The summed E-state index contributed by atoms with van der Waals surface area (Å²) in [6, 6.07) is 30.9. The van der Waals surface area contributed by atoms with Crippen molar-refractivity contribution in [3.8, 4) is 0 Å². The van der Waals surface area contributed by atoms with Crippen molar-refractivity contribution < 1.29 is 48.5 Å². The van der Waals surface area contributed by atoms with Crippen LogP contribution in [0.4, 0.5) is 11.4 Å². The third kappa shape index (κ3) is 14.3. The lowest BCUT2D eigenvalue weighted by Gasteiger charge is -2.43. The summed E-state index contributed by atoms with van der Waals surface area (Å²) in [6.45, 7) is 8.65. The highest BCUT2D eigenvalue weighted by molar-refractivity contribution is 7.99. The Morgan fingerprint density at radius 3 is 1.68 bits per heavy atom. The van der Waals surface area contributed by atoms with Crippen molar-refractivity contribution in [2.24, 2.45) is 9.98 Å². The van der Waals surface area contributed by atoms with Crippen molar-refractivity contribution >= 4 is 81.8 Å². The fourth-order valence-corrected chi connectivity index (χ4v) is 12.0. The van der Waals surface area contributed by atoms with Crippen molar-refractivity contribution in [2.75, 3.05) is 112 Å². The Labute approximate surface area is 462 Å². The van der Waals surface area contributed by atoms with E-state index in [0.717, 1.165) is 115 Å². The molecule has 0 saturated carbocycles. The second-order valence-electron chi connectivity index (χ2n) is 19.3. The summed E-state index contributed by atoms with van der Waals surface area (Å²) in [7, 11) is 0. The molecule has 78 heavy (non-hydrogen) atoms. The lowest BCUT2D eigenvalue weighted by molar-refractivity contribution is -0.141. The maximum Gasteiger partial charge on any atom is 0.254 e. The summed E-state index contributed by atoms with van der Waals surface area (Å²) < 4.78 is 11.0. The molecule has 6 aliphatic rings. The number of amides is 4. The predicted octanol–water partition coefficient (Wildman–Crippen LogP) is 4.78. The van der Waals surface area contributed by atoms with Crippen LogP contribution in [0.2, 0.25) is 0 Å². The third-order valence-corrected chi connectivity index (χ3v) is 16.3. The number of Topliss-reactive ketones (excluding diaryl/α,β-unsaturated/α-hetero) is 2. The summed E-state index contributed by atoms with van der Waals surface area (Å²) in [5, 5.41) is 17.9. The first kappa shape index (κ1) is 56.1. The number of hydrogen-bond acceptors (Lipinski definition) is 18. The first-order chi connectivity index (χ1) is 38.0. The minimum absolute atomic E-state index is 0.0206. The lowest BCUT2D eigenvalue weighted by atomic mass is 10.0. The summed E-state index contributed by atoms with van der Waals surface area (Å²) in [5.41, 5.74) is 5.07. The van der Waals surface area contributed by atoms with E-state index in [4.69, 9.17) is 29.7 Å². The number of amidine groups is 2. The van der Waals surface area contributed by atoms with E-state index in [1.165, 1.54) is 24.3 Å². The minimum atomic E-state index is -0.442. The monoisotopic (exact) mass is 1100 g/mol.